The van der Waals surface area contributed by atoms with Crippen LogP contribution in [0, 0.1) is 0 Å². The van der Waals surface area contributed by atoms with Gasteiger partial charge in [-0.1, -0.05) is 50.2 Å². The maximum atomic E-state index is 2.36. The fourth-order valence-corrected chi connectivity index (χ4v) is 5.10. The van der Waals surface area contributed by atoms with Crippen LogP contribution in [0.2, 0.25) is 0 Å². The minimum Gasteiger partial charge on any atom is -0.344 e. The number of nitrogens with zero attached hydrogens (tertiary/aromatic N) is 1. The van der Waals surface area contributed by atoms with Crippen molar-refractivity contribution in [1.29, 1.82) is 0 Å². The summed E-state index contributed by atoms with van der Waals surface area (Å²) < 4.78 is 5.13. The summed E-state index contributed by atoms with van der Waals surface area (Å²) in [4.78, 5) is 0. The maximum absolute atomic E-state index is 2.36. The fraction of sp³-hybridized carbons (Fsp3) is 0.182. The van der Waals surface area contributed by atoms with Gasteiger partial charge >= 0.3 is 0 Å². The van der Waals surface area contributed by atoms with Crippen molar-refractivity contribution in [2.75, 3.05) is 0 Å². The van der Waals surface area contributed by atoms with Crippen LogP contribution in [0.3, 0.4) is 0 Å². The number of benzene rings is 3. The van der Waals surface area contributed by atoms with E-state index in [1.165, 1.54) is 47.5 Å². The molecule has 0 unspecified atom stereocenters. The molecule has 0 aliphatic heterocycles. The molecule has 0 atom stereocenters. The summed E-state index contributed by atoms with van der Waals surface area (Å²) >= 11 is 1.92. The highest BCUT2D eigenvalue weighted by Gasteiger charge is 2.15. The van der Waals surface area contributed by atoms with E-state index in [1.807, 2.05) is 11.3 Å². The van der Waals surface area contributed by atoms with E-state index >= 15 is 0 Å². The summed E-state index contributed by atoms with van der Waals surface area (Å²) in [5.74, 6) is 0.553. The molecule has 0 fully saturated rings. The lowest BCUT2D eigenvalue weighted by atomic mass is 10.0. The predicted molar refractivity (Wildman–Crippen MR) is 107 cm³/mol. The van der Waals surface area contributed by atoms with Crippen LogP contribution < -0.4 is 0 Å². The molecule has 0 aliphatic rings. The molecule has 0 bridgehead atoms. The molecular formula is C22H19NS. The van der Waals surface area contributed by atoms with Crippen LogP contribution in [0.15, 0.2) is 54.6 Å². The van der Waals surface area contributed by atoms with Gasteiger partial charge in [-0.2, -0.15) is 0 Å². The lowest BCUT2D eigenvalue weighted by Gasteiger charge is -2.06. The molecule has 0 N–H and O–H groups in total. The van der Waals surface area contributed by atoms with Crippen molar-refractivity contribution in [3.8, 4) is 0 Å². The molecule has 2 aromatic heterocycles. The van der Waals surface area contributed by atoms with E-state index in [0.29, 0.717) is 5.92 Å². The predicted octanol–water partition coefficient (Wildman–Crippen LogP) is 6.82. The Bertz CT molecular complexity index is 1240. The smallest absolute Gasteiger partial charge is 0.0503 e. The number of hydrogen-bond acceptors (Lipinski definition) is 1. The Morgan fingerprint density at radius 1 is 0.833 bits per heavy atom. The van der Waals surface area contributed by atoms with Crippen molar-refractivity contribution in [3.05, 3.63) is 60.2 Å². The zero-order chi connectivity index (χ0) is 16.4. The first-order valence-corrected chi connectivity index (χ1v) is 9.29. The molecule has 24 heavy (non-hydrogen) atoms. The zero-order valence-electron chi connectivity index (χ0n) is 14.1. The molecule has 0 saturated heterocycles. The van der Waals surface area contributed by atoms with Gasteiger partial charge in [0.2, 0.25) is 0 Å². The normalized spacial score (nSPS) is 12.3. The summed E-state index contributed by atoms with van der Waals surface area (Å²) in [6.45, 7) is 4.52. The van der Waals surface area contributed by atoms with Gasteiger partial charge in [-0.05, 0) is 29.7 Å². The molecular weight excluding hydrogens is 310 g/mol. The Morgan fingerprint density at radius 2 is 1.62 bits per heavy atom. The molecule has 5 aromatic rings. The van der Waals surface area contributed by atoms with Crippen molar-refractivity contribution >= 4 is 53.3 Å². The quantitative estimate of drug-likeness (QED) is 0.318. The molecule has 118 valence electrons. The van der Waals surface area contributed by atoms with Gasteiger partial charge in [0, 0.05) is 43.5 Å². The lowest BCUT2D eigenvalue weighted by Crippen LogP contribution is -1.90. The Morgan fingerprint density at radius 3 is 2.46 bits per heavy atom. The van der Waals surface area contributed by atoms with E-state index in [-0.39, 0.29) is 0 Å². The standard InChI is InChI=1S/C22H19NS/c1-13(2)14-8-9-17-19(12-14)23(3)18-11-10-16-15-6-4-5-7-20(15)24-22(16)21(17)18/h4-13H,1-3H3. The molecule has 3 aromatic carbocycles. The summed E-state index contributed by atoms with van der Waals surface area (Å²) in [5, 5.41) is 5.52. The second-order valence-corrected chi connectivity index (χ2v) is 7.98. The van der Waals surface area contributed by atoms with Gasteiger partial charge < -0.3 is 4.57 Å². The van der Waals surface area contributed by atoms with Gasteiger partial charge in [-0.25, -0.2) is 0 Å². The third-order valence-electron chi connectivity index (χ3n) is 5.21. The summed E-state index contributed by atoms with van der Waals surface area (Å²) in [7, 11) is 2.19. The highest BCUT2D eigenvalue weighted by Crippen LogP contribution is 2.42. The molecule has 0 amide bonds. The summed E-state index contributed by atoms with van der Waals surface area (Å²) in [6.07, 6.45) is 0. The van der Waals surface area contributed by atoms with Crippen molar-refractivity contribution in [2.24, 2.45) is 7.05 Å². The van der Waals surface area contributed by atoms with Crippen molar-refractivity contribution in [2.45, 2.75) is 19.8 Å². The van der Waals surface area contributed by atoms with Crippen LogP contribution in [0.25, 0.3) is 42.0 Å². The number of fused-ring (bicyclic) bond motifs is 7. The molecule has 5 rings (SSSR count). The topological polar surface area (TPSA) is 4.93 Å². The highest BCUT2D eigenvalue weighted by molar-refractivity contribution is 7.26. The Kier molecular flexibility index (Phi) is 2.84. The molecule has 0 aliphatic carbocycles. The molecule has 2 heterocycles. The SMILES string of the molecule is CC(C)c1ccc2c3c4sc5ccccc5c4ccc3n(C)c2c1. The van der Waals surface area contributed by atoms with E-state index in [9.17, 15) is 0 Å². The summed E-state index contributed by atoms with van der Waals surface area (Å²) in [5.41, 5.74) is 4.06. The van der Waals surface area contributed by atoms with E-state index in [4.69, 9.17) is 0 Å². The van der Waals surface area contributed by atoms with Gasteiger partial charge in [-0.3, -0.25) is 0 Å². The Hall–Kier alpha value is -2.32. The molecule has 0 radical (unpaired) electrons. The van der Waals surface area contributed by atoms with Crippen LogP contribution in [0.5, 0.6) is 0 Å². The van der Waals surface area contributed by atoms with Gasteiger partial charge in [0.25, 0.3) is 0 Å². The fourth-order valence-electron chi connectivity index (χ4n) is 3.84. The first-order chi connectivity index (χ1) is 11.6. The number of rotatable bonds is 1. The average molecular weight is 329 g/mol. The average Bonchev–Trinajstić information content (AvgIpc) is 3.11. The number of aromatic nitrogens is 1. The highest BCUT2D eigenvalue weighted by atomic mass is 32.1. The van der Waals surface area contributed by atoms with Crippen LogP contribution in [-0.4, -0.2) is 4.57 Å². The van der Waals surface area contributed by atoms with E-state index in [2.05, 4.69) is 80.1 Å². The van der Waals surface area contributed by atoms with E-state index < -0.39 is 0 Å². The van der Waals surface area contributed by atoms with E-state index in [0.717, 1.165) is 0 Å². The van der Waals surface area contributed by atoms with Crippen molar-refractivity contribution in [3.63, 3.8) is 0 Å². The van der Waals surface area contributed by atoms with Gasteiger partial charge in [0.05, 0.1) is 5.52 Å². The monoisotopic (exact) mass is 329 g/mol. The number of hydrogen-bond donors (Lipinski definition) is 0. The van der Waals surface area contributed by atoms with E-state index in [1.54, 1.807) is 0 Å². The van der Waals surface area contributed by atoms with Crippen LogP contribution >= 0.6 is 11.3 Å². The third kappa shape index (κ3) is 1.75. The second-order valence-electron chi connectivity index (χ2n) is 6.92. The van der Waals surface area contributed by atoms with Crippen molar-refractivity contribution < 1.29 is 0 Å². The second kappa shape index (κ2) is 4.84. The van der Waals surface area contributed by atoms with Crippen LogP contribution in [-0.2, 0) is 7.05 Å². The molecule has 0 spiro atoms. The number of aryl methyl sites for hydroxylation is 1. The maximum Gasteiger partial charge on any atom is 0.0503 e. The molecule has 1 nitrogen and oxygen atoms in total. The largest absolute Gasteiger partial charge is 0.344 e. The Balaban J connectivity index is 2.01. The number of thiophene rings is 1. The minimum absolute atomic E-state index is 0.553. The first kappa shape index (κ1) is 14.1. The van der Waals surface area contributed by atoms with Gasteiger partial charge in [-0.15, -0.1) is 11.3 Å². The van der Waals surface area contributed by atoms with Crippen molar-refractivity contribution in [1.82, 2.24) is 4.57 Å². The van der Waals surface area contributed by atoms with Crippen LogP contribution in [0.1, 0.15) is 25.3 Å². The van der Waals surface area contributed by atoms with Gasteiger partial charge in [0.1, 0.15) is 0 Å². The minimum atomic E-state index is 0.553. The van der Waals surface area contributed by atoms with Crippen LogP contribution in [0.4, 0.5) is 0 Å². The Labute approximate surface area is 145 Å². The zero-order valence-corrected chi connectivity index (χ0v) is 14.9. The summed E-state index contributed by atoms with van der Waals surface area (Å²) in [6, 6.07) is 20.3. The molecule has 2 heteroatoms. The first-order valence-electron chi connectivity index (χ1n) is 8.47. The third-order valence-corrected chi connectivity index (χ3v) is 6.41. The molecule has 0 saturated carbocycles. The lowest BCUT2D eigenvalue weighted by molar-refractivity contribution is 0.866. The van der Waals surface area contributed by atoms with Gasteiger partial charge in [0.15, 0.2) is 0 Å².